The third-order valence-electron chi connectivity index (χ3n) is 5.31. The van der Waals surface area contributed by atoms with Gasteiger partial charge in [0.2, 0.25) is 0 Å². The summed E-state index contributed by atoms with van der Waals surface area (Å²) < 4.78 is 6.94. The summed E-state index contributed by atoms with van der Waals surface area (Å²) in [7, 11) is 0. The first-order chi connectivity index (χ1) is 15.9. The van der Waals surface area contributed by atoms with Crippen molar-refractivity contribution in [2.75, 3.05) is 5.32 Å². The number of hydrogen-bond acceptors (Lipinski definition) is 5. The second-order valence-corrected chi connectivity index (χ2v) is 11.3. The number of carboxylic acid groups (broad SMARTS) is 1. The smallest absolute Gasteiger partial charge is 0.413 e. The Bertz CT molecular complexity index is 1110. The molecular weight excluding hydrogens is 500 g/mol. The fourth-order valence-corrected chi connectivity index (χ4v) is 4.10. The van der Waals surface area contributed by atoms with Gasteiger partial charge in [-0.15, -0.1) is 0 Å². The van der Waals surface area contributed by atoms with Gasteiger partial charge in [-0.25, -0.2) is 9.48 Å². The van der Waals surface area contributed by atoms with Crippen LogP contribution in [0.2, 0.25) is 0 Å². The van der Waals surface area contributed by atoms with Crippen LogP contribution in [-0.4, -0.2) is 41.9 Å². The van der Waals surface area contributed by atoms with Crippen LogP contribution in [-0.2, 0) is 16.1 Å². The topological polar surface area (TPSA) is 106 Å². The van der Waals surface area contributed by atoms with E-state index in [9.17, 15) is 14.7 Å². The van der Waals surface area contributed by atoms with Crippen LogP contribution in [0.3, 0.4) is 0 Å². The number of rotatable bonds is 7. The number of aryl methyl sites for hydroxylation is 1. The van der Waals surface area contributed by atoms with Gasteiger partial charge in [-0.1, -0.05) is 40.2 Å². The monoisotopic (exact) mass is 530 g/mol. The lowest BCUT2D eigenvalue weighted by Crippen LogP contribution is -2.28. The Balaban J connectivity index is 2.20. The Morgan fingerprint density at radius 2 is 2.09 bits per heavy atom. The van der Waals surface area contributed by atoms with Crippen LogP contribution in [0.5, 0.6) is 0 Å². The van der Waals surface area contributed by atoms with E-state index < -0.39 is 23.6 Å². The number of amides is 1. The van der Waals surface area contributed by atoms with E-state index in [1.807, 2.05) is 44.2 Å². The quantitative estimate of drug-likeness (QED) is 0.431. The third kappa shape index (κ3) is 6.34. The van der Waals surface area contributed by atoms with Crippen molar-refractivity contribution in [3.8, 4) is 11.4 Å². The highest BCUT2D eigenvalue weighted by atomic mass is 79.9. The number of nitrogens with zero attached hydrogens (tertiary/aromatic N) is 3. The second-order valence-electron chi connectivity index (χ2n) is 9.44. The molecule has 1 aliphatic rings. The largest absolute Gasteiger partial charge is 0.481 e. The molecule has 2 atom stereocenters. The van der Waals surface area contributed by atoms with Gasteiger partial charge in [0, 0.05) is 28.5 Å². The number of carboxylic acids is 1. The number of halogens is 1. The molecule has 34 heavy (non-hydrogen) atoms. The summed E-state index contributed by atoms with van der Waals surface area (Å²) in [5, 5.41) is 17.4. The SMILES string of the molecule is CCn1nc(-c2ccccn2)c(C(CC(=O)O)C2=CCC(C)(Br)C=C2)c1NC(=O)OC(C)(C)C. The predicted octanol–water partition coefficient (Wildman–Crippen LogP) is 5.91. The minimum atomic E-state index is -0.953. The Kier molecular flexibility index (Phi) is 7.65. The van der Waals surface area contributed by atoms with E-state index in [1.54, 1.807) is 37.7 Å². The maximum Gasteiger partial charge on any atom is 0.413 e. The van der Waals surface area contributed by atoms with Gasteiger partial charge >= 0.3 is 12.1 Å². The van der Waals surface area contributed by atoms with Crippen molar-refractivity contribution >= 4 is 33.8 Å². The summed E-state index contributed by atoms with van der Waals surface area (Å²) in [6.45, 7) is 9.76. The van der Waals surface area contributed by atoms with Crippen LogP contribution in [0.15, 0.2) is 48.2 Å². The van der Waals surface area contributed by atoms with Gasteiger partial charge in [0.15, 0.2) is 0 Å². The molecule has 2 aromatic rings. The van der Waals surface area contributed by atoms with E-state index in [2.05, 4.69) is 26.2 Å². The molecule has 0 bridgehead atoms. The van der Waals surface area contributed by atoms with E-state index in [4.69, 9.17) is 9.84 Å². The summed E-state index contributed by atoms with van der Waals surface area (Å²) in [5.41, 5.74) is 1.88. The maximum atomic E-state index is 12.8. The first-order valence-corrected chi connectivity index (χ1v) is 12.0. The van der Waals surface area contributed by atoms with E-state index in [0.717, 1.165) is 5.57 Å². The molecule has 2 heterocycles. The second kappa shape index (κ2) is 10.1. The number of aromatic nitrogens is 3. The minimum Gasteiger partial charge on any atom is -0.481 e. The summed E-state index contributed by atoms with van der Waals surface area (Å²) in [6.07, 6.45) is 7.54. The summed E-state index contributed by atoms with van der Waals surface area (Å²) in [5.74, 6) is -1.10. The van der Waals surface area contributed by atoms with Crippen molar-refractivity contribution in [3.63, 3.8) is 0 Å². The fourth-order valence-electron chi connectivity index (χ4n) is 3.80. The number of pyridine rings is 1. The number of ether oxygens (including phenoxy) is 1. The molecule has 3 rings (SSSR count). The average molecular weight is 531 g/mol. The number of carbonyl (C=O) groups is 2. The fraction of sp³-hybridized carbons (Fsp3) is 0.440. The zero-order chi connectivity index (χ0) is 25.1. The van der Waals surface area contributed by atoms with Crippen LogP contribution in [0.4, 0.5) is 10.6 Å². The Morgan fingerprint density at radius 1 is 1.35 bits per heavy atom. The van der Waals surface area contributed by atoms with Crippen LogP contribution in [0.1, 0.15) is 58.9 Å². The lowest BCUT2D eigenvalue weighted by molar-refractivity contribution is -0.137. The number of alkyl halides is 1. The highest BCUT2D eigenvalue weighted by Gasteiger charge is 2.33. The van der Waals surface area contributed by atoms with E-state index >= 15 is 0 Å². The number of anilines is 1. The maximum absolute atomic E-state index is 12.8. The average Bonchev–Trinajstić information content (AvgIpc) is 3.09. The van der Waals surface area contributed by atoms with E-state index in [0.29, 0.717) is 35.7 Å². The molecule has 182 valence electrons. The molecule has 0 saturated carbocycles. The number of allylic oxidation sites excluding steroid dienone is 4. The summed E-state index contributed by atoms with van der Waals surface area (Å²) in [6, 6.07) is 5.47. The van der Waals surface area contributed by atoms with Gasteiger partial charge in [0.05, 0.1) is 12.1 Å². The van der Waals surface area contributed by atoms with Crippen molar-refractivity contribution in [2.24, 2.45) is 0 Å². The molecule has 0 radical (unpaired) electrons. The van der Waals surface area contributed by atoms with E-state index in [1.165, 1.54) is 0 Å². The van der Waals surface area contributed by atoms with Gasteiger partial charge in [-0.2, -0.15) is 5.10 Å². The van der Waals surface area contributed by atoms with Crippen LogP contribution >= 0.6 is 15.9 Å². The lowest BCUT2D eigenvalue weighted by atomic mass is 9.83. The van der Waals surface area contributed by atoms with Crippen molar-refractivity contribution in [1.29, 1.82) is 0 Å². The van der Waals surface area contributed by atoms with Gasteiger partial charge < -0.3 is 9.84 Å². The molecule has 9 heteroatoms. The zero-order valence-electron chi connectivity index (χ0n) is 20.1. The van der Waals surface area contributed by atoms with Gasteiger partial charge in [-0.05, 0) is 58.7 Å². The standard InChI is InChI=1S/C25H31BrN4O4/c1-6-30-22(28-23(33)34-24(2,3)4)20(21(29-30)18-9-7-8-14-27-18)17(15-19(31)32)16-10-12-25(5,26)13-11-16/h7-12,14,17H,6,13,15H2,1-5H3,(H,28,33)(H,31,32). The molecule has 8 nitrogen and oxygen atoms in total. The van der Waals surface area contributed by atoms with Crippen molar-refractivity contribution in [1.82, 2.24) is 14.8 Å². The van der Waals surface area contributed by atoms with Crippen molar-refractivity contribution in [3.05, 3.63) is 53.8 Å². The molecule has 0 fully saturated rings. The summed E-state index contributed by atoms with van der Waals surface area (Å²) in [4.78, 5) is 29.2. The minimum absolute atomic E-state index is 0.173. The van der Waals surface area contributed by atoms with E-state index in [-0.39, 0.29) is 10.7 Å². The predicted molar refractivity (Wildman–Crippen MR) is 135 cm³/mol. The molecule has 0 saturated heterocycles. The zero-order valence-corrected chi connectivity index (χ0v) is 21.7. The van der Waals surface area contributed by atoms with Crippen LogP contribution in [0.25, 0.3) is 11.4 Å². The molecule has 1 amide bonds. The van der Waals surface area contributed by atoms with Crippen LogP contribution < -0.4 is 5.32 Å². The molecule has 0 aliphatic heterocycles. The van der Waals surface area contributed by atoms with Gasteiger partial charge in [0.25, 0.3) is 0 Å². The highest BCUT2D eigenvalue weighted by molar-refractivity contribution is 9.10. The molecule has 2 aromatic heterocycles. The molecule has 2 unspecified atom stereocenters. The number of hydrogen-bond donors (Lipinski definition) is 2. The lowest BCUT2D eigenvalue weighted by Gasteiger charge is -2.26. The summed E-state index contributed by atoms with van der Waals surface area (Å²) >= 11 is 3.67. The highest BCUT2D eigenvalue weighted by Crippen LogP contribution is 2.43. The Labute approximate surface area is 208 Å². The normalized spacial score (nSPS) is 18.8. The van der Waals surface area contributed by atoms with Gasteiger partial charge in [-0.3, -0.25) is 15.1 Å². The number of carbonyl (C=O) groups excluding carboxylic acids is 1. The number of nitrogens with one attached hydrogen (secondary N) is 1. The van der Waals surface area contributed by atoms with Crippen molar-refractivity contribution < 1.29 is 19.4 Å². The molecule has 0 spiro atoms. The first-order valence-electron chi connectivity index (χ1n) is 11.2. The molecule has 1 aliphatic carbocycles. The third-order valence-corrected chi connectivity index (χ3v) is 5.89. The van der Waals surface area contributed by atoms with Crippen LogP contribution in [0, 0.1) is 0 Å². The van der Waals surface area contributed by atoms with Crippen molar-refractivity contribution in [2.45, 2.75) is 69.8 Å². The van der Waals surface area contributed by atoms with Gasteiger partial charge in [0.1, 0.15) is 17.1 Å². The Morgan fingerprint density at radius 3 is 2.62 bits per heavy atom. The number of aliphatic carboxylic acids is 1. The Hall–Kier alpha value is -2.94. The molecule has 0 aromatic carbocycles. The first kappa shape index (κ1) is 25.7. The molecular formula is C25H31BrN4O4. The molecule has 2 N–H and O–H groups in total.